The number of nitrogen functional groups attached to an aromatic ring is 1. The summed E-state index contributed by atoms with van der Waals surface area (Å²) >= 11 is 0. The van der Waals surface area contributed by atoms with E-state index in [0.717, 1.165) is 10.9 Å². The molecule has 1 aromatic heterocycles. The number of fused-ring (bicyclic) bond motifs is 1. The molecule has 0 bridgehead atoms. The van der Waals surface area contributed by atoms with Crippen molar-refractivity contribution in [1.82, 2.24) is 4.98 Å². The molecule has 0 radical (unpaired) electrons. The third-order valence-electron chi connectivity index (χ3n) is 2.07. The Kier molecular flexibility index (Phi) is 1.72. The second-order valence-electron chi connectivity index (χ2n) is 2.94. The molecule has 0 amide bonds. The highest BCUT2D eigenvalue weighted by Crippen LogP contribution is 2.26. The number of benzene rings is 1. The lowest BCUT2D eigenvalue weighted by Gasteiger charge is -2.01. The SMILES string of the molecule is Nc1c(C(N)O)[nH]c2ccccc12. The molecule has 4 nitrogen and oxygen atoms in total. The predicted molar refractivity (Wildman–Crippen MR) is 51.9 cm³/mol. The fourth-order valence-electron chi connectivity index (χ4n) is 1.42. The number of rotatable bonds is 1. The van der Waals surface area contributed by atoms with Gasteiger partial charge in [0, 0.05) is 10.9 Å². The molecule has 1 heterocycles. The van der Waals surface area contributed by atoms with Crippen molar-refractivity contribution in [3.63, 3.8) is 0 Å². The summed E-state index contributed by atoms with van der Waals surface area (Å²) in [7, 11) is 0. The number of aromatic amines is 1. The summed E-state index contributed by atoms with van der Waals surface area (Å²) < 4.78 is 0. The van der Waals surface area contributed by atoms with Gasteiger partial charge >= 0.3 is 0 Å². The van der Waals surface area contributed by atoms with Crippen LogP contribution in [0.1, 0.15) is 11.9 Å². The topological polar surface area (TPSA) is 88.1 Å². The van der Waals surface area contributed by atoms with Crippen LogP contribution in [0, 0.1) is 0 Å². The summed E-state index contributed by atoms with van der Waals surface area (Å²) in [5.41, 5.74) is 13.0. The number of aromatic nitrogens is 1. The molecule has 1 aromatic carbocycles. The van der Waals surface area contributed by atoms with E-state index in [0.29, 0.717) is 11.4 Å². The maximum Gasteiger partial charge on any atom is 0.145 e. The van der Waals surface area contributed by atoms with Gasteiger partial charge in [0.05, 0.1) is 11.4 Å². The van der Waals surface area contributed by atoms with Crippen LogP contribution in [0.15, 0.2) is 24.3 Å². The number of aliphatic hydroxyl groups is 1. The van der Waals surface area contributed by atoms with Crippen molar-refractivity contribution in [3.8, 4) is 0 Å². The summed E-state index contributed by atoms with van der Waals surface area (Å²) in [5, 5.41) is 10.1. The van der Waals surface area contributed by atoms with Crippen molar-refractivity contribution in [2.24, 2.45) is 5.73 Å². The first-order chi connectivity index (χ1) is 6.20. The number of para-hydroxylation sites is 1. The monoisotopic (exact) mass is 177 g/mol. The molecule has 0 saturated carbocycles. The van der Waals surface area contributed by atoms with Gasteiger partial charge < -0.3 is 21.6 Å². The van der Waals surface area contributed by atoms with E-state index < -0.39 is 6.23 Å². The standard InChI is InChI=1S/C9H11N3O/c10-7-5-3-1-2-4-6(5)12-8(7)9(11)13/h1-4,9,12-13H,10-11H2. The molecule has 2 aromatic rings. The number of nitrogens with one attached hydrogen (secondary N) is 1. The lowest BCUT2D eigenvalue weighted by Crippen LogP contribution is -2.10. The zero-order chi connectivity index (χ0) is 9.42. The van der Waals surface area contributed by atoms with Crippen molar-refractivity contribution in [2.75, 3.05) is 5.73 Å². The lowest BCUT2D eigenvalue weighted by molar-refractivity contribution is 0.183. The highest BCUT2D eigenvalue weighted by molar-refractivity contribution is 5.93. The summed E-state index contributed by atoms with van der Waals surface area (Å²) in [4.78, 5) is 2.96. The van der Waals surface area contributed by atoms with Crippen molar-refractivity contribution >= 4 is 16.6 Å². The highest BCUT2D eigenvalue weighted by atomic mass is 16.3. The summed E-state index contributed by atoms with van der Waals surface area (Å²) in [6.07, 6.45) is -1.05. The quantitative estimate of drug-likeness (QED) is 0.483. The van der Waals surface area contributed by atoms with Gasteiger partial charge in [0.25, 0.3) is 0 Å². The molecule has 2 rings (SSSR count). The van der Waals surface area contributed by atoms with Gasteiger partial charge in [0.1, 0.15) is 6.23 Å². The number of H-pyrrole nitrogens is 1. The second-order valence-corrected chi connectivity index (χ2v) is 2.94. The molecule has 0 saturated heterocycles. The van der Waals surface area contributed by atoms with Crippen molar-refractivity contribution in [1.29, 1.82) is 0 Å². The molecule has 0 aliphatic heterocycles. The zero-order valence-electron chi connectivity index (χ0n) is 6.99. The van der Waals surface area contributed by atoms with Crippen LogP contribution in [-0.2, 0) is 0 Å². The van der Waals surface area contributed by atoms with E-state index in [1.807, 2.05) is 24.3 Å². The van der Waals surface area contributed by atoms with E-state index in [4.69, 9.17) is 11.5 Å². The van der Waals surface area contributed by atoms with E-state index in [1.54, 1.807) is 0 Å². The van der Waals surface area contributed by atoms with Crippen LogP contribution in [0.5, 0.6) is 0 Å². The third-order valence-corrected chi connectivity index (χ3v) is 2.07. The van der Waals surface area contributed by atoms with Gasteiger partial charge in [-0.2, -0.15) is 0 Å². The first-order valence-electron chi connectivity index (χ1n) is 4.00. The summed E-state index contributed by atoms with van der Waals surface area (Å²) in [5.74, 6) is 0. The van der Waals surface area contributed by atoms with Crippen LogP contribution < -0.4 is 11.5 Å². The summed E-state index contributed by atoms with van der Waals surface area (Å²) in [6, 6.07) is 7.55. The molecule has 13 heavy (non-hydrogen) atoms. The Balaban J connectivity index is 2.74. The number of anilines is 1. The molecule has 68 valence electrons. The summed E-state index contributed by atoms with van der Waals surface area (Å²) in [6.45, 7) is 0. The van der Waals surface area contributed by atoms with Gasteiger partial charge in [0.15, 0.2) is 0 Å². The van der Waals surface area contributed by atoms with Gasteiger partial charge in [-0.1, -0.05) is 18.2 Å². The fraction of sp³-hybridized carbons (Fsp3) is 0.111. The molecule has 1 atom stereocenters. The van der Waals surface area contributed by atoms with Gasteiger partial charge in [0.2, 0.25) is 0 Å². The molecule has 1 unspecified atom stereocenters. The van der Waals surface area contributed by atoms with Gasteiger partial charge in [-0.05, 0) is 6.07 Å². The first-order valence-corrected chi connectivity index (χ1v) is 4.00. The zero-order valence-corrected chi connectivity index (χ0v) is 6.99. The number of aliphatic hydroxyl groups excluding tert-OH is 1. The van der Waals surface area contributed by atoms with E-state index >= 15 is 0 Å². The van der Waals surface area contributed by atoms with Crippen LogP contribution in [-0.4, -0.2) is 10.1 Å². The smallest absolute Gasteiger partial charge is 0.145 e. The maximum atomic E-state index is 9.17. The Bertz CT molecular complexity index is 433. The minimum absolute atomic E-state index is 0.473. The van der Waals surface area contributed by atoms with Crippen LogP contribution >= 0.6 is 0 Å². The molecule has 0 fully saturated rings. The highest BCUT2D eigenvalue weighted by Gasteiger charge is 2.11. The Morgan fingerprint density at radius 2 is 2.00 bits per heavy atom. The number of hydrogen-bond acceptors (Lipinski definition) is 3. The average Bonchev–Trinajstić information content (AvgIpc) is 2.45. The Morgan fingerprint density at radius 3 is 2.62 bits per heavy atom. The van der Waals surface area contributed by atoms with E-state index in [-0.39, 0.29) is 0 Å². The number of hydrogen-bond donors (Lipinski definition) is 4. The van der Waals surface area contributed by atoms with Crippen LogP contribution in [0.4, 0.5) is 5.69 Å². The van der Waals surface area contributed by atoms with Crippen LogP contribution in [0.3, 0.4) is 0 Å². The van der Waals surface area contributed by atoms with E-state index in [2.05, 4.69) is 4.98 Å². The molecular weight excluding hydrogens is 166 g/mol. The normalized spacial score (nSPS) is 13.4. The number of nitrogens with two attached hydrogens (primary N) is 2. The molecule has 0 aliphatic rings. The maximum absolute atomic E-state index is 9.17. The van der Waals surface area contributed by atoms with Crippen molar-refractivity contribution in [2.45, 2.75) is 6.23 Å². The lowest BCUT2D eigenvalue weighted by atomic mass is 10.2. The van der Waals surface area contributed by atoms with Gasteiger partial charge in [-0.25, -0.2) is 0 Å². The van der Waals surface area contributed by atoms with Crippen molar-refractivity contribution < 1.29 is 5.11 Å². The minimum atomic E-state index is -1.05. The Labute approximate surface area is 75.2 Å². The van der Waals surface area contributed by atoms with E-state index in [1.165, 1.54) is 0 Å². The Morgan fingerprint density at radius 1 is 1.31 bits per heavy atom. The largest absolute Gasteiger partial charge is 0.397 e. The predicted octanol–water partition coefficient (Wildman–Crippen LogP) is 0.700. The first kappa shape index (κ1) is 8.10. The van der Waals surface area contributed by atoms with Crippen molar-refractivity contribution in [3.05, 3.63) is 30.0 Å². The second kappa shape index (κ2) is 2.76. The molecule has 0 spiro atoms. The Hall–Kier alpha value is -1.52. The molecular formula is C9H11N3O. The van der Waals surface area contributed by atoms with E-state index in [9.17, 15) is 5.11 Å². The van der Waals surface area contributed by atoms with Crippen LogP contribution in [0.25, 0.3) is 10.9 Å². The third kappa shape index (κ3) is 1.16. The average molecular weight is 177 g/mol. The van der Waals surface area contributed by atoms with Gasteiger partial charge in [-0.3, -0.25) is 0 Å². The van der Waals surface area contributed by atoms with Crippen LogP contribution in [0.2, 0.25) is 0 Å². The fourth-order valence-corrected chi connectivity index (χ4v) is 1.42. The molecule has 6 N–H and O–H groups in total. The minimum Gasteiger partial charge on any atom is -0.397 e. The molecule has 0 aliphatic carbocycles. The molecule has 4 heteroatoms. The van der Waals surface area contributed by atoms with Gasteiger partial charge in [-0.15, -0.1) is 0 Å².